The summed E-state index contributed by atoms with van der Waals surface area (Å²) in [5, 5.41) is 10.8. The molecule has 1 N–H and O–H groups in total. The van der Waals surface area contributed by atoms with E-state index >= 15 is 0 Å². The first-order valence-electron chi connectivity index (χ1n) is 5.16. The predicted octanol–water partition coefficient (Wildman–Crippen LogP) is 1.54. The van der Waals surface area contributed by atoms with Crippen LogP contribution in [0.2, 0.25) is 0 Å². The van der Waals surface area contributed by atoms with Gasteiger partial charge in [0.05, 0.1) is 12.5 Å². The number of ether oxygens (including phenoxy) is 1. The van der Waals surface area contributed by atoms with Crippen molar-refractivity contribution in [2.75, 3.05) is 13.2 Å². The minimum absolute atomic E-state index is 0.0560. The smallest absolute Gasteiger partial charge is 0.257 e. The van der Waals surface area contributed by atoms with Crippen LogP contribution in [0.3, 0.4) is 0 Å². The van der Waals surface area contributed by atoms with Gasteiger partial charge in [-0.1, -0.05) is 12.1 Å². The summed E-state index contributed by atoms with van der Waals surface area (Å²) in [4.78, 5) is 11.2. The second-order valence-corrected chi connectivity index (χ2v) is 3.43. The Bertz CT molecular complexity index is 441. The van der Waals surface area contributed by atoms with E-state index in [0.29, 0.717) is 5.56 Å². The average molecular weight is 236 g/mol. The van der Waals surface area contributed by atoms with E-state index in [1.807, 2.05) is 6.07 Å². The number of benzene rings is 1. The van der Waals surface area contributed by atoms with Crippen LogP contribution in [0.25, 0.3) is 0 Å². The van der Waals surface area contributed by atoms with Crippen molar-refractivity contribution in [2.45, 2.75) is 13.3 Å². The average Bonchev–Trinajstić information content (AvgIpc) is 2.31. The summed E-state index contributed by atoms with van der Waals surface area (Å²) in [6, 6.07) is 6.64. The van der Waals surface area contributed by atoms with Crippen molar-refractivity contribution in [3.63, 3.8) is 0 Å². The molecule has 1 rings (SSSR count). The third-order valence-electron chi connectivity index (χ3n) is 2.07. The number of carbonyl (C=O) groups is 1. The van der Waals surface area contributed by atoms with Gasteiger partial charge in [-0.05, 0) is 18.6 Å². The maximum Gasteiger partial charge on any atom is 0.257 e. The molecule has 0 unspecified atom stereocenters. The van der Waals surface area contributed by atoms with E-state index in [1.165, 1.54) is 6.07 Å². The number of rotatable bonds is 5. The molecule has 1 amide bonds. The minimum atomic E-state index is -0.461. The standard InChI is InChI=1S/C12H13FN2O2/c1-9-4-2-5-10(12(9)13)17-8-11(16)15-7-3-6-14/h2,4-5H,3,7-8H2,1H3,(H,15,16). The number of nitrogens with zero attached hydrogens (tertiary/aromatic N) is 1. The first-order valence-corrected chi connectivity index (χ1v) is 5.16. The Labute approximate surface area is 99.0 Å². The summed E-state index contributed by atoms with van der Waals surface area (Å²) in [7, 11) is 0. The van der Waals surface area contributed by atoms with Crippen molar-refractivity contribution in [3.05, 3.63) is 29.6 Å². The Balaban J connectivity index is 2.43. The number of hydrogen-bond acceptors (Lipinski definition) is 3. The van der Waals surface area contributed by atoms with Crippen LogP contribution in [0.4, 0.5) is 4.39 Å². The van der Waals surface area contributed by atoms with Crippen LogP contribution in [-0.2, 0) is 4.79 Å². The van der Waals surface area contributed by atoms with Gasteiger partial charge >= 0.3 is 0 Å². The monoisotopic (exact) mass is 236 g/mol. The van der Waals surface area contributed by atoms with Gasteiger partial charge in [-0.15, -0.1) is 0 Å². The van der Waals surface area contributed by atoms with Crippen LogP contribution in [0, 0.1) is 24.1 Å². The zero-order chi connectivity index (χ0) is 12.7. The number of hydrogen-bond donors (Lipinski definition) is 1. The maximum absolute atomic E-state index is 13.5. The van der Waals surface area contributed by atoms with Gasteiger partial charge in [0, 0.05) is 6.54 Å². The molecule has 0 bridgehead atoms. The summed E-state index contributed by atoms with van der Waals surface area (Å²) in [6.45, 7) is 1.63. The molecule has 0 aromatic heterocycles. The van der Waals surface area contributed by atoms with Crippen LogP contribution in [0.5, 0.6) is 5.75 Å². The second-order valence-electron chi connectivity index (χ2n) is 3.43. The third kappa shape index (κ3) is 4.11. The molecule has 0 atom stereocenters. The Morgan fingerprint density at radius 3 is 3.06 bits per heavy atom. The molecule has 0 saturated carbocycles. The molecule has 90 valence electrons. The summed E-state index contributed by atoms with van der Waals surface area (Å²) in [6.07, 6.45) is 0.241. The van der Waals surface area contributed by atoms with E-state index in [2.05, 4.69) is 5.32 Å². The lowest BCUT2D eigenvalue weighted by molar-refractivity contribution is -0.123. The molecule has 0 aliphatic heterocycles. The van der Waals surface area contributed by atoms with Crippen LogP contribution in [0.1, 0.15) is 12.0 Å². The fourth-order valence-corrected chi connectivity index (χ4v) is 1.18. The van der Waals surface area contributed by atoms with E-state index < -0.39 is 5.82 Å². The van der Waals surface area contributed by atoms with Gasteiger partial charge < -0.3 is 10.1 Å². The molecule has 0 aliphatic carbocycles. The molecule has 17 heavy (non-hydrogen) atoms. The predicted molar refractivity (Wildman–Crippen MR) is 59.9 cm³/mol. The van der Waals surface area contributed by atoms with Crippen molar-refractivity contribution in [1.29, 1.82) is 5.26 Å². The fourth-order valence-electron chi connectivity index (χ4n) is 1.18. The van der Waals surface area contributed by atoms with Crippen molar-refractivity contribution >= 4 is 5.91 Å². The largest absolute Gasteiger partial charge is 0.481 e. The highest BCUT2D eigenvalue weighted by molar-refractivity contribution is 5.77. The zero-order valence-corrected chi connectivity index (χ0v) is 9.50. The van der Waals surface area contributed by atoms with Gasteiger partial charge in [-0.3, -0.25) is 4.79 Å². The Morgan fingerprint density at radius 1 is 1.59 bits per heavy atom. The van der Waals surface area contributed by atoms with Gasteiger partial charge in [0.2, 0.25) is 0 Å². The summed E-state index contributed by atoms with van der Waals surface area (Å²) < 4.78 is 18.5. The first kappa shape index (κ1) is 13.0. The van der Waals surface area contributed by atoms with Crippen molar-refractivity contribution in [2.24, 2.45) is 0 Å². The van der Waals surface area contributed by atoms with E-state index in [4.69, 9.17) is 10.00 Å². The lowest BCUT2D eigenvalue weighted by Gasteiger charge is -2.08. The Kier molecular flexibility index (Phi) is 4.95. The van der Waals surface area contributed by atoms with Gasteiger partial charge in [0.1, 0.15) is 0 Å². The molecule has 4 nitrogen and oxygen atoms in total. The molecule has 0 aliphatic rings. The van der Waals surface area contributed by atoms with Crippen molar-refractivity contribution < 1.29 is 13.9 Å². The highest BCUT2D eigenvalue weighted by Crippen LogP contribution is 2.19. The number of nitriles is 1. The summed E-state index contributed by atoms with van der Waals surface area (Å²) >= 11 is 0. The molecule has 1 aromatic carbocycles. The first-order chi connectivity index (χ1) is 8.15. The fraction of sp³-hybridized carbons (Fsp3) is 0.333. The Morgan fingerprint density at radius 2 is 2.35 bits per heavy atom. The molecular weight excluding hydrogens is 223 g/mol. The van der Waals surface area contributed by atoms with Gasteiger partial charge in [-0.25, -0.2) is 4.39 Å². The van der Waals surface area contributed by atoms with E-state index in [9.17, 15) is 9.18 Å². The van der Waals surface area contributed by atoms with Crippen LogP contribution in [-0.4, -0.2) is 19.1 Å². The molecule has 0 spiro atoms. The zero-order valence-electron chi connectivity index (χ0n) is 9.50. The molecule has 0 heterocycles. The number of amides is 1. The topological polar surface area (TPSA) is 62.1 Å². The van der Waals surface area contributed by atoms with Crippen molar-refractivity contribution in [3.8, 4) is 11.8 Å². The van der Waals surface area contributed by atoms with Gasteiger partial charge in [0.15, 0.2) is 18.2 Å². The van der Waals surface area contributed by atoms with E-state index in [-0.39, 0.29) is 31.2 Å². The molecular formula is C12H13FN2O2. The number of aryl methyl sites for hydroxylation is 1. The van der Waals surface area contributed by atoms with Gasteiger partial charge in [-0.2, -0.15) is 5.26 Å². The van der Waals surface area contributed by atoms with Crippen LogP contribution >= 0.6 is 0 Å². The molecule has 1 aromatic rings. The molecule has 5 heteroatoms. The lowest BCUT2D eigenvalue weighted by atomic mass is 10.2. The molecule has 0 fully saturated rings. The Hall–Kier alpha value is -2.09. The lowest BCUT2D eigenvalue weighted by Crippen LogP contribution is -2.29. The van der Waals surface area contributed by atoms with Crippen molar-refractivity contribution in [1.82, 2.24) is 5.32 Å². The van der Waals surface area contributed by atoms with E-state index in [1.54, 1.807) is 19.1 Å². The summed E-state index contributed by atoms with van der Waals surface area (Å²) in [5.41, 5.74) is 0.465. The number of nitrogens with one attached hydrogen (secondary N) is 1. The summed E-state index contributed by atoms with van der Waals surface area (Å²) in [5.74, 6) is -0.779. The quantitative estimate of drug-likeness (QED) is 0.789. The molecule has 0 saturated heterocycles. The third-order valence-corrected chi connectivity index (χ3v) is 2.07. The number of halogens is 1. The maximum atomic E-state index is 13.5. The van der Waals surface area contributed by atoms with E-state index in [0.717, 1.165) is 0 Å². The SMILES string of the molecule is Cc1cccc(OCC(=O)NCCC#N)c1F. The van der Waals surface area contributed by atoms with Gasteiger partial charge in [0.25, 0.3) is 5.91 Å². The van der Waals surface area contributed by atoms with Crippen LogP contribution < -0.4 is 10.1 Å². The normalized spacial score (nSPS) is 9.47. The highest BCUT2D eigenvalue weighted by atomic mass is 19.1. The highest BCUT2D eigenvalue weighted by Gasteiger charge is 2.07. The molecule has 0 radical (unpaired) electrons. The number of carbonyl (C=O) groups excluding carboxylic acids is 1. The van der Waals surface area contributed by atoms with Crippen LogP contribution in [0.15, 0.2) is 18.2 Å². The minimum Gasteiger partial charge on any atom is -0.481 e. The second kappa shape index (κ2) is 6.48.